The molecule has 0 fully saturated rings. The lowest BCUT2D eigenvalue weighted by atomic mass is 10.1. The lowest BCUT2D eigenvalue weighted by Gasteiger charge is -2.23. The smallest absolute Gasteiger partial charge is 0.265 e. The van der Waals surface area contributed by atoms with Gasteiger partial charge in [-0.3, -0.25) is 9.59 Å². The van der Waals surface area contributed by atoms with Gasteiger partial charge in [-0.05, 0) is 61.5 Å². The molecular weight excluding hydrogens is 330 g/mol. The standard InChI is InChI=1S/C20H17N3O3/c1-13-19(24)22-17-12-15(6-9-18(17)26-13)21-20(25)14-4-7-16(8-5-14)23-10-2-3-11-23/h2-13H,1H3,(H,21,25)(H,22,24). The van der Waals surface area contributed by atoms with Gasteiger partial charge in [0.05, 0.1) is 5.69 Å². The van der Waals surface area contributed by atoms with E-state index in [-0.39, 0.29) is 11.8 Å². The molecule has 2 N–H and O–H groups in total. The van der Waals surface area contributed by atoms with Gasteiger partial charge in [-0.15, -0.1) is 0 Å². The Kier molecular flexibility index (Phi) is 3.93. The fourth-order valence-electron chi connectivity index (χ4n) is 2.78. The number of ether oxygens (including phenoxy) is 1. The van der Waals surface area contributed by atoms with E-state index in [1.807, 2.05) is 41.2 Å². The van der Waals surface area contributed by atoms with Crippen LogP contribution >= 0.6 is 0 Å². The molecule has 26 heavy (non-hydrogen) atoms. The van der Waals surface area contributed by atoms with Crippen LogP contribution in [0.5, 0.6) is 5.75 Å². The van der Waals surface area contributed by atoms with E-state index in [0.717, 1.165) is 5.69 Å². The number of benzene rings is 2. The lowest BCUT2D eigenvalue weighted by molar-refractivity contribution is -0.122. The van der Waals surface area contributed by atoms with E-state index in [1.54, 1.807) is 37.3 Å². The highest BCUT2D eigenvalue weighted by atomic mass is 16.5. The molecule has 1 aromatic heterocycles. The minimum Gasteiger partial charge on any atom is -0.479 e. The number of carbonyl (C=O) groups excluding carboxylic acids is 2. The van der Waals surface area contributed by atoms with Crippen molar-refractivity contribution in [3.63, 3.8) is 0 Å². The molecule has 6 heteroatoms. The van der Waals surface area contributed by atoms with Gasteiger partial charge in [0.15, 0.2) is 6.10 Å². The quantitative estimate of drug-likeness (QED) is 0.762. The molecule has 2 amide bonds. The Bertz CT molecular complexity index is 962. The summed E-state index contributed by atoms with van der Waals surface area (Å²) in [5.74, 6) is 0.160. The summed E-state index contributed by atoms with van der Waals surface area (Å²) in [4.78, 5) is 24.2. The zero-order valence-electron chi connectivity index (χ0n) is 14.1. The van der Waals surface area contributed by atoms with Gasteiger partial charge in [-0.2, -0.15) is 0 Å². The Morgan fingerprint density at radius 3 is 2.58 bits per heavy atom. The maximum Gasteiger partial charge on any atom is 0.265 e. The number of nitrogens with one attached hydrogen (secondary N) is 2. The van der Waals surface area contributed by atoms with Crippen LogP contribution < -0.4 is 15.4 Å². The van der Waals surface area contributed by atoms with E-state index in [9.17, 15) is 9.59 Å². The molecule has 2 heterocycles. The van der Waals surface area contributed by atoms with Crippen molar-refractivity contribution < 1.29 is 14.3 Å². The van der Waals surface area contributed by atoms with Crippen LogP contribution in [0.1, 0.15) is 17.3 Å². The molecular formula is C20H17N3O3. The average molecular weight is 347 g/mol. The van der Waals surface area contributed by atoms with Crippen LogP contribution in [0.15, 0.2) is 67.0 Å². The molecule has 3 aromatic rings. The number of rotatable bonds is 3. The van der Waals surface area contributed by atoms with Crippen LogP contribution in [-0.4, -0.2) is 22.5 Å². The highest BCUT2D eigenvalue weighted by Gasteiger charge is 2.23. The first-order chi connectivity index (χ1) is 12.6. The number of hydrogen-bond donors (Lipinski definition) is 2. The normalized spacial score (nSPS) is 15.6. The third-order valence-corrected chi connectivity index (χ3v) is 4.20. The number of hydrogen-bond acceptors (Lipinski definition) is 3. The average Bonchev–Trinajstić information content (AvgIpc) is 3.18. The Labute approximate surface area is 150 Å². The maximum absolute atomic E-state index is 12.5. The monoisotopic (exact) mass is 347 g/mol. The van der Waals surface area contributed by atoms with Crippen LogP contribution in [-0.2, 0) is 4.79 Å². The topological polar surface area (TPSA) is 72.4 Å². The molecule has 1 aliphatic rings. The largest absolute Gasteiger partial charge is 0.479 e. The molecule has 0 bridgehead atoms. The first-order valence-corrected chi connectivity index (χ1v) is 8.26. The molecule has 0 spiro atoms. The summed E-state index contributed by atoms with van der Waals surface area (Å²) in [5, 5.41) is 5.60. The van der Waals surface area contributed by atoms with Crippen molar-refractivity contribution in [3.05, 3.63) is 72.6 Å². The van der Waals surface area contributed by atoms with E-state index in [4.69, 9.17) is 4.74 Å². The number of amides is 2. The van der Waals surface area contributed by atoms with E-state index in [1.165, 1.54) is 0 Å². The first kappa shape index (κ1) is 16.0. The van der Waals surface area contributed by atoms with Crippen molar-refractivity contribution >= 4 is 23.2 Å². The van der Waals surface area contributed by atoms with Gasteiger partial charge in [0.25, 0.3) is 11.8 Å². The Morgan fingerprint density at radius 1 is 1.12 bits per heavy atom. The molecule has 1 unspecified atom stereocenters. The third kappa shape index (κ3) is 3.04. The molecule has 0 radical (unpaired) electrons. The van der Waals surface area contributed by atoms with Gasteiger partial charge in [0.2, 0.25) is 0 Å². The van der Waals surface area contributed by atoms with Crippen LogP contribution in [0.4, 0.5) is 11.4 Å². The Hall–Kier alpha value is -3.54. The van der Waals surface area contributed by atoms with Gasteiger partial charge in [0.1, 0.15) is 5.75 Å². The highest BCUT2D eigenvalue weighted by Crippen LogP contribution is 2.32. The molecule has 0 saturated heterocycles. The first-order valence-electron chi connectivity index (χ1n) is 8.26. The van der Waals surface area contributed by atoms with Crippen molar-refractivity contribution in [1.29, 1.82) is 0 Å². The van der Waals surface area contributed by atoms with Crippen LogP contribution in [0.25, 0.3) is 5.69 Å². The van der Waals surface area contributed by atoms with Gasteiger partial charge >= 0.3 is 0 Å². The molecule has 6 nitrogen and oxygen atoms in total. The Balaban J connectivity index is 1.50. The van der Waals surface area contributed by atoms with Crippen LogP contribution in [0.2, 0.25) is 0 Å². The van der Waals surface area contributed by atoms with Crippen LogP contribution in [0, 0.1) is 0 Å². The fraction of sp³-hybridized carbons (Fsp3) is 0.100. The second-order valence-electron chi connectivity index (χ2n) is 6.05. The number of carbonyl (C=O) groups is 2. The van der Waals surface area contributed by atoms with Crippen molar-refractivity contribution in [1.82, 2.24) is 4.57 Å². The molecule has 2 aromatic carbocycles. The zero-order chi connectivity index (χ0) is 18.1. The van der Waals surface area contributed by atoms with Gasteiger partial charge in [0, 0.05) is 29.3 Å². The molecule has 130 valence electrons. The Morgan fingerprint density at radius 2 is 1.85 bits per heavy atom. The number of fused-ring (bicyclic) bond motifs is 1. The summed E-state index contributed by atoms with van der Waals surface area (Å²) < 4.78 is 7.48. The predicted octanol–water partition coefficient (Wildman–Crippen LogP) is 3.45. The van der Waals surface area contributed by atoms with Crippen molar-refractivity contribution in [2.24, 2.45) is 0 Å². The summed E-state index contributed by atoms with van der Waals surface area (Å²) >= 11 is 0. The number of aromatic nitrogens is 1. The van der Waals surface area contributed by atoms with Gasteiger partial charge in [-0.1, -0.05) is 0 Å². The highest BCUT2D eigenvalue weighted by molar-refractivity contribution is 6.05. The second-order valence-corrected chi connectivity index (χ2v) is 6.05. The summed E-state index contributed by atoms with van der Waals surface area (Å²) in [5.41, 5.74) is 2.66. The summed E-state index contributed by atoms with van der Waals surface area (Å²) in [7, 11) is 0. The molecule has 4 rings (SSSR count). The maximum atomic E-state index is 12.5. The van der Waals surface area contributed by atoms with Crippen LogP contribution in [0.3, 0.4) is 0 Å². The predicted molar refractivity (Wildman–Crippen MR) is 98.9 cm³/mol. The SMILES string of the molecule is CC1Oc2ccc(NC(=O)c3ccc(-n4cccc4)cc3)cc2NC1=O. The number of nitrogens with zero attached hydrogens (tertiary/aromatic N) is 1. The minimum atomic E-state index is -0.526. The van der Waals surface area contributed by atoms with E-state index in [0.29, 0.717) is 22.7 Å². The molecule has 1 aliphatic heterocycles. The molecule has 0 saturated carbocycles. The van der Waals surface area contributed by atoms with E-state index >= 15 is 0 Å². The van der Waals surface area contributed by atoms with E-state index in [2.05, 4.69) is 10.6 Å². The van der Waals surface area contributed by atoms with Crippen molar-refractivity contribution in [2.75, 3.05) is 10.6 Å². The van der Waals surface area contributed by atoms with Gasteiger partial charge < -0.3 is 19.9 Å². The summed E-state index contributed by atoms with van der Waals surface area (Å²) in [6.45, 7) is 1.69. The zero-order valence-corrected chi connectivity index (χ0v) is 14.1. The number of anilines is 2. The molecule has 1 atom stereocenters. The minimum absolute atomic E-state index is 0.207. The molecule has 0 aliphatic carbocycles. The fourth-order valence-corrected chi connectivity index (χ4v) is 2.78. The van der Waals surface area contributed by atoms with Crippen molar-refractivity contribution in [3.8, 4) is 11.4 Å². The summed E-state index contributed by atoms with van der Waals surface area (Å²) in [6, 6.07) is 16.4. The second kappa shape index (κ2) is 6.40. The van der Waals surface area contributed by atoms with Gasteiger partial charge in [-0.25, -0.2) is 0 Å². The summed E-state index contributed by atoms with van der Waals surface area (Å²) in [6.07, 6.45) is 3.36. The lowest BCUT2D eigenvalue weighted by Crippen LogP contribution is -2.34. The third-order valence-electron chi connectivity index (χ3n) is 4.20. The van der Waals surface area contributed by atoms with Crippen molar-refractivity contribution in [2.45, 2.75) is 13.0 Å². The van der Waals surface area contributed by atoms with E-state index < -0.39 is 6.10 Å².